The van der Waals surface area contributed by atoms with Crippen LogP contribution < -0.4 is 10.6 Å². The fraction of sp³-hybridized carbons (Fsp3) is 0.280. The molecule has 2 N–H and O–H groups in total. The summed E-state index contributed by atoms with van der Waals surface area (Å²) in [5, 5.41) is 6.71. The number of benzene rings is 2. The molecule has 8 heteroatoms. The molecule has 0 fully saturated rings. The molecule has 4 nitrogen and oxygen atoms in total. The van der Waals surface area contributed by atoms with Crippen molar-refractivity contribution in [3.63, 3.8) is 0 Å². The lowest BCUT2D eigenvalue weighted by Crippen LogP contribution is -2.38. The van der Waals surface area contributed by atoms with Crippen molar-refractivity contribution in [1.29, 1.82) is 0 Å². The molecule has 0 aliphatic rings. The number of aryl methyl sites for hydroxylation is 2. The average molecular weight is 476 g/mol. The molecule has 33 heavy (non-hydrogen) atoms. The summed E-state index contributed by atoms with van der Waals surface area (Å²) in [6, 6.07) is 16.5. The van der Waals surface area contributed by atoms with E-state index in [-0.39, 0.29) is 11.9 Å². The maximum absolute atomic E-state index is 12.8. The third-order valence-electron chi connectivity index (χ3n) is 5.44. The minimum Gasteiger partial charge on any atom is -0.358 e. The molecule has 2 atom stereocenters. The predicted molar refractivity (Wildman–Crippen MR) is 123 cm³/mol. The molecule has 3 aromatic rings. The summed E-state index contributed by atoms with van der Waals surface area (Å²) < 4.78 is 38.4. The molecule has 1 aromatic heterocycles. The molecule has 1 amide bonds. The van der Waals surface area contributed by atoms with Gasteiger partial charge in [-0.2, -0.15) is 13.2 Å². The second-order valence-corrected chi connectivity index (χ2v) is 8.18. The van der Waals surface area contributed by atoms with E-state index in [0.717, 1.165) is 22.8 Å². The van der Waals surface area contributed by atoms with Crippen molar-refractivity contribution in [2.24, 2.45) is 0 Å². The SMILES string of the molecule is CNC(=O)C(NC(CCc1ccc(C(F)(F)F)nc1)c1ccc(C)c(Cl)c1)c1ccccc1. The first kappa shape index (κ1) is 24.7. The van der Waals surface area contributed by atoms with Gasteiger partial charge in [-0.1, -0.05) is 60.1 Å². The van der Waals surface area contributed by atoms with E-state index in [2.05, 4.69) is 15.6 Å². The van der Waals surface area contributed by atoms with E-state index in [1.807, 2.05) is 55.5 Å². The van der Waals surface area contributed by atoms with Gasteiger partial charge in [-0.15, -0.1) is 0 Å². The molecule has 1 heterocycles. The Morgan fingerprint density at radius 1 is 1.06 bits per heavy atom. The predicted octanol–water partition coefficient (Wildman–Crippen LogP) is 5.81. The first-order chi connectivity index (χ1) is 15.7. The number of hydrogen-bond donors (Lipinski definition) is 2. The Morgan fingerprint density at radius 2 is 1.79 bits per heavy atom. The summed E-state index contributed by atoms with van der Waals surface area (Å²) in [6.07, 6.45) is -2.25. The molecule has 0 radical (unpaired) electrons. The number of likely N-dealkylation sites (N-methyl/N-ethyl adjacent to an activating group) is 1. The van der Waals surface area contributed by atoms with E-state index in [1.54, 1.807) is 7.05 Å². The van der Waals surface area contributed by atoms with Crippen LogP contribution in [-0.4, -0.2) is 17.9 Å². The van der Waals surface area contributed by atoms with Gasteiger partial charge in [0.25, 0.3) is 0 Å². The number of hydrogen-bond acceptors (Lipinski definition) is 3. The van der Waals surface area contributed by atoms with E-state index in [4.69, 9.17) is 11.6 Å². The molecule has 2 unspecified atom stereocenters. The number of nitrogens with one attached hydrogen (secondary N) is 2. The van der Waals surface area contributed by atoms with Crippen molar-refractivity contribution < 1.29 is 18.0 Å². The lowest BCUT2D eigenvalue weighted by molar-refractivity contribution is -0.141. The van der Waals surface area contributed by atoms with Gasteiger partial charge in [0.1, 0.15) is 11.7 Å². The highest BCUT2D eigenvalue weighted by Crippen LogP contribution is 2.29. The van der Waals surface area contributed by atoms with Gasteiger partial charge in [-0.3, -0.25) is 15.1 Å². The Balaban J connectivity index is 1.87. The molecular formula is C25H25ClF3N3O. The van der Waals surface area contributed by atoms with Gasteiger partial charge in [-0.05, 0) is 54.2 Å². The van der Waals surface area contributed by atoms with Crippen molar-refractivity contribution in [2.45, 2.75) is 38.0 Å². The van der Waals surface area contributed by atoms with Crippen LogP contribution in [0, 0.1) is 6.92 Å². The monoisotopic (exact) mass is 475 g/mol. The Hall–Kier alpha value is -2.90. The zero-order chi connectivity index (χ0) is 24.0. The van der Waals surface area contributed by atoms with Crippen LogP contribution in [0.15, 0.2) is 66.9 Å². The van der Waals surface area contributed by atoms with Crippen LogP contribution in [0.3, 0.4) is 0 Å². The molecule has 0 saturated heterocycles. The van der Waals surface area contributed by atoms with Crippen molar-refractivity contribution >= 4 is 17.5 Å². The number of carbonyl (C=O) groups excluding carboxylic acids is 1. The number of pyridine rings is 1. The van der Waals surface area contributed by atoms with Crippen LogP contribution in [0.4, 0.5) is 13.2 Å². The molecule has 0 bridgehead atoms. The molecule has 0 saturated carbocycles. The maximum Gasteiger partial charge on any atom is 0.433 e. The van der Waals surface area contributed by atoms with Crippen LogP contribution in [0.5, 0.6) is 0 Å². The zero-order valence-electron chi connectivity index (χ0n) is 18.3. The average Bonchev–Trinajstić information content (AvgIpc) is 2.81. The molecule has 0 aliphatic carbocycles. The number of aromatic nitrogens is 1. The van der Waals surface area contributed by atoms with Gasteiger partial charge in [0.05, 0.1) is 0 Å². The minimum absolute atomic E-state index is 0.194. The zero-order valence-corrected chi connectivity index (χ0v) is 19.0. The van der Waals surface area contributed by atoms with Gasteiger partial charge in [-0.25, -0.2) is 0 Å². The summed E-state index contributed by atoms with van der Waals surface area (Å²) in [6.45, 7) is 1.90. The number of nitrogens with zero attached hydrogens (tertiary/aromatic N) is 1. The van der Waals surface area contributed by atoms with E-state index >= 15 is 0 Å². The first-order valence-electron chi connectivity index (χ1n) is 10.5. The van der Waals surface area contributed by atoms with Gasteiger partial charge in [0.15, 0.2) is 0 Å². The molecule has 0 spiro atoms. The summed E-state index contributed by atoms with van der Waals surface area (Å²) in [5.74, 6) is -0.194. The topological polar surface area (TPSA) is 54.0 Å². The highest BCUT2D eigenvalue weighted by atomic mass is 35.5. The molecular weight excluding hydrogens is 451 g/mol. The number of alkyl halides is 3. The lowest BCUT2D eigenvalue weighted by atomic mass is 9.96. The largest absolute Gasteiger partial charge is 0.433 e. The van der Waals surface area contributed by atoms with Crippen molar-refractivity contribution in [3.8, 4) is 0 Å². The van der Waals surface area contributed by atoms with Gasteiger partial charge < -0.3 is 5.32 Å². The number of rotatable bonds is 8. The van der Waals surface area contributed by atoms with Crippen LogP contribution in [0.1, 0.15) is 46.5 Å². The normalized spacial score (nSPS) is 13.4. The highest BCUT2D eigenvalue weighted by molar-refractivity contribution is 6.31. The van der Waals surface area contributed by atoms with Gasteiger partial charge in [0.2, 0.25) is 5.91 Å². The summed E-state index contributed by atoms with van der Waals surface area (Å²) >= 11 is 6.35. The smallest absolute Gasteiger partial charge is 0.358 e. The van der Waals surface area contributed by atoms with Crippen LogP contribution in [-0.2, 0) is 17.4 Å². The van der Waals surface area contributed by atoms with E-state index < -0.39 is 17.9 Å². The van der Waals surface area contributed by atoms with Crippen molar-refractivity contribution in [3.05, 3.63) is 99.8 Å². The van der Waals surface area contributed by atoms with Crippen molar-refractivity contribution in [1.82, 2.24) is 15.6 Å². The number of halogens is 4. The Labute approximate surface area is 196 Å². The van der Waals surface area contributed by atoms with Crippen LogP contribution >= 0.6 is 11.6 Å². The Kier molecular flexibility index (Phi) is 8.10. The first-order valence-corrected chi connectivity index (χ1v) is 10.9. The summed E-state index contributed by atoms with van der Waals surface area (Å²) in [4.78, 5) is 16.2. The Morgan fingerprint density at radius 3 is 2.36 bits per heavy atom. The van der Waals surface area contributed by atoms with Crippen LogP contribution in [0.25, 0.3) is 0 Å². The molecule has 0 aliphatic heterocycles. The summed E-state index contributed by atoms with van der Waals surface area (Å²) in [5.41, 5.74) is 2.36. The lowest BCUT2D eigenvalue weighted by Gasteiger charge is -2.26. The standard InChI is InChI=1S/C25H25ClF3N3O/c1-16-8-11-19(14-20(16)26)21(12-9-17-10-13-22(31-15-17)25(27,28)29)32-23(24(33)30-2)18-6-4-3-5-7-18/h3-8,10-11,13-15,21,23,32H,9,12H2,1-2H3,(H,30,33). The maximum atomic E-state index is 12.8. The summed E-state index contributed by atoms with van der Waals surface area (Å²) in [7, 11) is 1.57. The quantitative estimate of drug-likeness (QED) is 0.432. The molecule has 2 aromatic carbocycles. The van der Waals surface area contributed by atoms with E-state index in [0.29, 0.717) is 23.4 Å². The third kappa shape index (κ3) is 6.55. The fourth-order valence-corrected chi connectivity index (χ4v) is 3.73. The number of amides is 1. The van der Waals surface area contributed by atoms with Crippen molar-refractivity contribution in [2.75, 3.05) is 7.05 Å². The molecule has 3 rings (SSSR count). The second kappa shape index (κ2) is 10.8. The fourth-order valence-electron chi connectivity index (χ4n) is 3.54. The van der Waals surface area contributed by atoms with E-state index in [9.17, 15) is 18.0 Å². The number of carbonyl (C=O) groups is 1. The minimum atomic E-state index is -4.47. The van der Waals surface area contributed by atoms with Gasteiger partial charge >= 0.3 is 6.18 Å². The van der Waals surface area contributed by atoms with Crippen LogP contribution in [0.2, 0.25) is 5.02 Å². The third-order valence-corrected chi connectivity index (χ3v) is 5.85. The van der Waals surface area contributed by atoms with Gasteiger partial charge in [0, 0.05) is 24.3 Å². The highest BCUT2D eigenvalue weighted by Gasteiger charge is 2.32. The van der Waals surface area contributed by atoms with E-state index in [1.165, 1.54) is 12.3 Å². The second-order valence-electron chi connectivity index (χ2n) is 7.77. The Bertz CT molecular complexity index is 1070. The molecule has 174 valence electrons.